The lowest BCUT2D eigenvalue weighted by atomic mass is 9.95. The first-order valence-electron chi connectivity index (χ1n) is 10.6. The van der Waals surface area contributed by atoms with Crippen molar-refractivity contribution in [1.82, 2.24) is 10.6 Å². The van der Waals surface area contributed by atoms with Gasteiger partial charge in [0.1, 0.15) is 12.4 Å². The quantitative estimate of drug-likeness (QED) is 0.448. The number of amides is 2. The molecule has 2 aromatic carbocycles. The van der Waals surface area contributed by atoms with Crippen LogP contribution in [0.3, 0.4) is 0 Å². The lowest BCUT2D eigenvalue weighted by Crippen LogP contribution is -2.47. The Hall–Kier alpha value is -4.07. The molecule has 0 radical (unpaired) electrons. The minimum atomic E-state index is -0.730. The van der Waals surface area contributed by atoms with E-state index in [4.69, 9.17) is 14.2 Å². The number of hydrogen-bond donors (Lipinski definition) is 2. The summed E-state index contributed by atoms with van der Waals surface area (Å²) >= 11 is 0. The molecule has 8 nitrogen and oxygen atoms in total. The van der Waals surface area contributed by atoms with Crippen molar-refractivity contribution in [2.24, 2.45) is 0 Å². The maximum Gasteiger partial charge on any atom is 0.338 e. The summed E-state index contributed by atoms with van der Waals surface area (Å²) in [5, 5.41) is 5.29. The van der Waals surface area contributed by atoms with Gasteiger partial charge < -0.3 is 24.8 Å². The van der Waals surface area contributed by atoms with Crippen molar-refractivity contribution in [3.8, 4) is 5.75 Å². The van der Waals surface area contributed by atoms with Gasteiger partial charge in [0.25, 0.3) is 0 Å². The number of carbonyl (C=O) groups is 3. The molecule has 0 fully saturated rings. The first-order chi connectivity index (χ1) is 16.0. The molecule has 0 aromatic heterocycles. The third kappa shape index (κ3) is 6.46. The van der Waals surface area contributed by atoms with Crippen LogP contribution in [0.5, 0.6) is 5.75 Å². The van der Waals surface area contributed by atoms with Crippen molar-refractivity contribution in [1.29, 1.82) is 0 Å². The molecular weight excluding hydrogens is 424 g/mol. The SMILES string of the molecule is CCOC(=O)C1=C(COC(=O)/C=C/c2ccc(OCC)cc2)NC(=O)NC1c1ccccc1. The zero-order valence-electron chi connectivity index (χ0n) is 18.5. The number of ether oxygens (including phenoxy) is 3. The molecule has 1 atom stereocenters. The van der Waals surface area contributed by atoms with E-state index in [0.717, 1.165) is 11.3 Å². The lowest BCUT2D eigenvalue weighted by Gasteiger charge is -2.29. The third-order valence-corrected chi connectivity index (χ3v) is 4.74. The minimum absolute atomic E-state index is 0.162. The Morgan fingerprint density at radius 3 is 2.36 bits per heavy atom. The molecule has 1 heterocycles. The normalized spacial score (nSPS) is 15.6. The summed E-state index contributed by atoms with van der Waals surface area (Å²) in [5.41, 5.74) is 1.86. The van der Waals surface area contributed by atoms with Crippen molar-refractivity contribution in [3.63, 3.8) is 0 Å². The monoisotopic (exact) mass is 450 g/mol. The van der Waals surface area contributed by atoms with Gasteiger partial charge in [-0.15, -0.1) is 0 Å². The number of hydrogen-bond acceptors (Lipinski definition) is 6. The highest BCUT2D eigenvalue weighted by atomic mass is 16.5. The Morgan fingerprint density at radius 2 is 1.70 bits per heavy atom. The van der Waals surface area contributed by atoms with E-state index in [1.165, 1.54) is 6.08 Å². The lowest BCUT2D eigenvalue weighted by molar-refractivity contribution is -0.140. The Morgan fingerprint density at radius 1 is 0.970 bits per heavy atom. The molecule has 172 valence electrons. The molecule has 1 aliphatic rings. The number of carbonyl (C=O) groups excluding carboxylic acids is 3. The topological polar surface area (TPSA) is 103 Å². The second-order valence-corrected chi connectivity index (χ2v) is 7.00. The Labute approximate surface area is 192 Å². The van der Waals surface area contributed by atoms with Crippen LogP contribution in [0.1, 0.15) is 31.0 Å². The smallest absolute Gasteiger partial charge is 0.338 e. The molecule has 1 aliphatic heterocycles. The van der Waals surface area contributed by atoms with Gasteiger partial charge in [-0.25, -0.2) is 14.4 Å². The van der Waals surface area contributed by atoms with Gasteiger partial charge in [0, 0.05) is 6.08 Å². The minimum Gasteiger partial charge on any atom is -0.494 e. The zero-order chi connectivity index (χ0) is 23.6. The maximum absolute atomic E-state index is 12.7. The first-order valence-corrected chi connectivity index (χ1v) is 10.6. The van der Waals surface area contributed by atoms with E-state index in [2.05, 4.69) is 10.6 Å². The molecule has 2 amide bonds. The van der Waals surface area contributed by atoms with E-state index in [1.807, 2.05) is 25.1 Å². The number of esters is 2. The Balaban J connectivity index is 1.75. The van der Waals surface area contributed by atoms with Crippen LogP contribution >= 0.6 is 0 Å². The summed E-state index contributed by atoms with van der Waals surface area (Å²) in [7, 11) is 0. The maximum atomic E-state index is 12.7. The average molecular weight is 450 g/mol. The van der Waals surface area contributed by atoms with E-state index in [1.54, 1.807) is 49.4 Å². The summed E-state index contributed by atoms with van der Waals surface area (Å²) in [6, 6.07) is 15.0. The molecule has 0 saturated heterocycles. The van der Waals surface area contributed by atoms with Crippen LogP contribution in [0.15, 0.2) is 71.9 Å². The molecule has 0 bridgehead atoms. The number of urea groups is 1. The van der Waals surface area contributed by atoms with Crippen molar-refractivity contribution in [2.75, 3.05) is 19.8 Å². The number of nitrogens with one attached hydrogen (secondary N) is 2. The van der Waals surface area contributed by atoms with Crippen LogP contribution in [0.2, 0.25) is 0 Å². The van der Waals surface area contributed by atoms with Gasteiger partial charge in [0.05, 0.1) is 30.5 Å². The van der Waals surface area contributed by atoms with Crippen LogP contribution in [0, 0.1) is 0 Å². The molecule has 3 rings (SSSR count). The number of benzene rings is 2. The second kappa shape index (κ2) is 11.5. The molecule has 0 aliphatic carbocycles. The fourth-order valence-corrected chi connectivity index (χ4v) is 3.27. The third-order valence-electron chi connectivity index (χ3n) is 4.74. The molecule has 0 spiro atoms. The Bertz CT molecular complexity index is 1040. The fraction of sp³-hybridized carbons (Fsp3) is 0.240. The molecule has 0 saturated carbocycles. The van der Waals surface area contributed by atoms with E-state index >= 15 is 0 Å². The van der Waals surface area contributed by atoms with Crippen molar-refractivity contribution >= 4 is 24.0 Å². The predicted molar refractivity (Wildman–Crippen MR) is 122 cm³/mol. The van der Waals surface area contributed by atoms with Gasteiger partial charge >= 0.3 is 18.0 Å². The molecule has 33 heavy (non-hydrogen) atoms. The molecule has 2 aromatic rings. The molecule has 1 unspecified atom stereocenters. The van der Waals surface area contributed by atoms with Crippen LogP contribution < -0.4 is 15.4 Å². The molecular formula is C25H26N2O6. The van der Waals surface area contributed by atoms with Crippen LogP contribution in [0.25, 0.3) is 6.08 Å². The van der Waals surface area contributed by atoms with E-state index < -0.39 is 24.0 Å². The second-order valence-electron chi connectivity index (χ2n) is 7.00. The predicted octanol–water partition coefficient (Wildman–Crippen LogP) is 3.51. The van der Waals surface area contributed by atoms with Gasteiger partial charge in [0.2, 0.25) is 0 Å². The van der Waals surface area contributed by atoms with Gasteiger partial charge in [0.15, 0.2) is 0 Å². The molecule has 2 N–H and O–H groups in total. The summed E-state index contributed by atoms with van der Waals surface area (Å²) in [5.74, 6) is -0.483. The Kier molecular flexibility index (Phi) is 8.24. The van der Waals surface area contributed by atoms with Crippen molar-refractivity contribution in [3.05, 3.63) is 83.1 Å². The van der Waals surface area contributed by atoms with E-state index in [9.17, 15) is 14.4 Å². The van der Waals surface area contributed by atoms with Crippen LogP contribution in [-0.4, -0.2) is 37.8 Å². The van der Waals surface area contributed by atoms with E-state index in [0.29, 0.717) is 12.2 Å². The molecule has 8 heteroatoms. The number of rotatable bonds is 9. The summed E-state index contributed by atoms with van der Waals surface area (Å²) in [6.07, 6.45) is 2.88. The van der Waals surface area contributed by atoms with Crippen LogP contribution in [0.4, 0.5) is 4.79 Å². The van der Waals surface area contributed by atoms with Gasteiger partial charge in [-0.1, -0.05) is 42.5 Å². The van der Waals surface area contributed by atoms with Crippen molar-refractivity contribution < 1.29 is 28.6 Å². The summed E-state index contributed by atoms with van der Waals surface area (Å²) < 4.78 is 15.9. The van der Waals surface area contributed by atoms with Crippen LogP contribution in [-0.2, 0) is 19.1 Å². The van der Waals surface area contributed by atoms with Gasteiger partial charge in [-0.05, 0) is 43.2 Å². The van der Waals surface area contributed by atoms with E-state index in [-0.39, 0.29) is 24.5 Å². The fourth-order valence-electron chi connectivity index (χ4n) is 3.27. The zero-order valence-corrected chi connectivity index (χ0v) is 18.5. The van der Waals surface area contributed by atoms with Gasteiger partial charge in [-0.3, -0.25) is 0 Å². The van der Waals surface area contributed by atoms with Crippen molar-refractivity contribution in [2.45, 2.75) is 19.9 Å². The highest BCUT2D eigenvalue weighted by Crippen LogP contribution is 2.27. The average Bonchev–Trinajstić information content (AvgIpc) is 2.82. The standard InChI is InChI=1S/C25H26N2O6/c1-3-31-19-13-10-17(11-14-19)12-15-21(28)33-16-20-22(24(29)32-4-2)23(27-25(30)26-20)18-8-6-5-7-9-18/h5-15,23H,3-4,16H2,1-2H3,(H2,26,27,30)/b15-12+. The largest absolute Gasteiger partial charge is 0.494 e. The summed E-state index contributed by atoms with van der Waals surface area (Å²) in [4.78, 5) is 37.2. The first kappa shape index (κ1) is 23.6. The van der Waals surface area contributed by atoms with Gasteiger partial charge in [-0.2, -0.15) is 0 Å². The highest BCUT2D eigenvalue weighted by molar-refractivity contribution is 5.95. The summed E-state index contributed by atoms with van der Waals surface area (Å²) in [6.45, 7) is 4.03. The highest BCUT2D eigenvalue weighted by Gasteiger charge is 2.34.